The van der Waals surface area contributed by atoms with Gasteiger partial charge in [-0.1, -0.05) is 6.07 Å². The van der Waals surface area contributed by atoms with Crippen molar-refractivity contribution in [2.45, 2.75) is 44.0 Å². The number of hydrogen-bond acceptors (Lipinski definition) is 6. The van der Waals surface area contributed by atoms with E-state index in [0.717, 1.165) is 38.0 Å². The largest absolute Gasteiger partial charge is 0.390 e. The van der Waals surface area contributed by atoms with Gasteiger partial charge in [0.25, 0.3) is 5.91 Å². The summed E-state index contributed by atoms with van der Waals surface area (Å²) in [5, 5.41) is 10.3. The highest BCUT2D eigenvalue weighted by molar-refractivity contribution is 5.81. The maximum absolute atomic E-state index is 12.7. The number of rotatable bonds is 7. The van der Waals surface area contributed by atoms with Crippen LogP contribution in [0, 0.1) is 0 Å². The van der Waals surface area contributed by atoms with Crippen molar-refractivity contribution in [1.29, 1.82) is 0 Å². The third-order valence-electron chi connectivity index (χ3n) is 5.35. The van der Waals surface area contributed by atoms with Gasteiger partial charge in [0.05, 0.1) is 25.4 Å². The maximum atomic E-state index is 12.7. The Morgan fingerprint density at radius 1 is 1.30 bits per heavy atom. The second-order valence-electron chi connectivity index (χ2n) is 7.42. The van der Waals surface area contributed by atoms with Crippen LogP contribution >= 0.6 is 0 Å². The van der Waals surface area contributed by atoms with Gasteiger partial charge in [0.15, 0.2) is 6.10 Å². The number of aliphatic hydroxyl groups excluding tert-OH is 1. The van der Waals surface area contributed by atoms with E-state index in [2.05, 4.69) is 16.9 Å². The molecule has 3 atom stereocenters. The standard InChI is InChI=1S/C20H31N3O4/c1-22(10-7-16-4-2-3-9-21-16)11-8-17-5-6-18(24)19(27-17)20(25)23-12-14-26-15-13-23/h2-4,9,17-19,24H,5-8,10-15H2,1H3. The highest BCUT2D eigenvalue weighted by atomic mass is 16.5. The number of aliphatic hydroxyl groups is 1. The number of hydrogen-bond donors (Lipinski definition) is 1. The molecule has 7 nitrogen and oxygen atoms in total. The molecule has 0 aliphatic carbocycles. The summed E-state index contributed by atoms with van der Waals surface area (Å²) in [4.78, 5) is 21.0. The van der Waals surface area contributed by atoms with Crippen molar-refractivity contribution in [3.8, 4) is 0 Å². The van der Waals surface area contributed by atoms with E-state index in [0.29, 0.717) is 32.7 Å². The average molecular weight is 377 g/mol. The molecule has 1 amide bonds. The van der Waals surface area contributed by atoms with E-state index in [9.17, 15) is 9.90 Å². The maximum Gasteiger partial charge on any atom is 0.254 e. The van der Waals surface area contributed by atoms with Crippen LogP contribution in [0.2, 0.25) is 0 Å². The van der Waals surface area contributed by atoms with Gasteiger partial charge in [0, 0.05) is 44.5 Å². The van der Waals surface area contributed by atoms with Crippen LogP contribution in [0.4, 0.5) is 0 Å². The first kappa shape index (κ1) is 20.2. The summed E-state index contributed by atoms with van der Waals surface area (Å²) < 4.78 is 11.3. The lowest BCUT2D eigenvalue weighted by Crippen LogP contribution is -2.53. The predicted octanol–water partition coefficient (Wildman–Crippen LogP) is 0.713. The van der Waals surface area contributed by atoms with Crippen molar-refractivity contribution >= 4 is 5.91 Å². The Hall–Kier alpha value is -1.54. The Balaban J connectivity index is 1.42. The first-order chi connectivity index (χ1) is 13.1. The van der Waals surface area contributed by atoms with Crippen LogP contribution in [-0.4, -0.2) is 90.5 Å². The monoisotopic (exact) mass is 377 g/mol. The fourth-order valence-corrected chi connectivity index (χ4v) is 3.60. The summed E-state index contributed by atoms with van der Waals surface area (Å²) in [6.45, 7) is 4.09. The molecule has 1 N–H and O–H groups in total. The van der Waals surface area contributed by atoms with Crippen molar-refractivity contribution in [3.05, 3.63) is 30.1 Å². The van der Waals surface area contributed by atoms with E-state index in [1.807, 2.05) is 24.4 Å². The summed E-state index contributed by atoms with van der Waals surface area (Å²) >= 11 is 0. The fourth-order valence-electron chi connectivity index (χ4n) is 3.60. The van der Waals surface area contributed by atoms with E-state index < -0.39 is 12.2 Å². The molecule has 7 heteroatoms. The van der Waals surface area contributed by atoms with Gasteiger partial charge < -0.3 is 24.4 Å². The van der Waals surface area contributed by atoms with Crippen LogP contribution in [0.15, 0.2) is 24.4 Å². The van der Waals surface area contributed by atoms with Gasteiger partial charge in [-0.05, 0) is 38.4 Å². The Labute approximate surface area is 161 Å². The average Bonchev–Trinajstić information content (AvgIpc) is 2.72. The van der Waals surface area contributed by atoms with Crippen molar-refractivity contribution < 1.29 is 19.4 Å². The SMILES string of the molecule is CN(CCc1ccccn1)CCC1CCC(O)C(C(=O)N2CCOCC2)O1. The number of aromatic nitrogens is 1. The van der Waals surface area contributed by atoms with Crippen LogP contribution in [-0.2, 0) is 20.7 Å². The van der Waals surface area contributed by atoms with Gasteiger partial charge in [-0.25, -0.2) is 0 Å². The van der Waals surface area contributed by atoms with Crippen LogP contribution in [0.5, 0.6) is 0 Å². The molecule has 1 aromatic rings. The smallest absolute Gasteiger partial charge is 0.254 e. The van der Waals surface area contributed by atoms with Gasteiger partial charge in [-0.15, -0.1) is 0 Å². The van der Waals surface area contributed by atoms with Gasteiger partial charge in [-0.3, -0.25) is 9.78 Å². The molecule has 3 rings (SSSR count). The van der Waals surface area contributed by atoms with Crippen LogP contribution in [0.3, 0.4) is 0 Å². The molecule has 0 radical (unpaired) electrons. The number of morpholine rings is 1. The molecule has 2 fully saturated rings. The normalized spacial score (nSPS) is 26.3. The Morgan fingerprint density at radius 2 is 2.11 bits per heavy atom. The van der Waals surface area contributed by atoms with Gasteiger partial charge in [0.2, 0.25) is 0 Å². The van der Waals surface area contributed by atoms with Crippen LogP contribution in [0.1, 0.15) is 25.0 Å². The van der Waals surface area contributed by atoms with Crippen molar-refractivity contribution in [1.82, 2.24) is 14.8 Å². The van der Waals surface area contributed by atoms with Crippen molar-refractivity contribution in [2.24, 2.45) is 0 Å². The first-order valence-electron chi connectivity index (χ1n) is 9.92. The zero-order valence-corrected chi connectivity index (χ0v) is 16.1. The third kappa shape index (κ3) is 5.97. The lowest BCUT2D eigenvalue weighted by atomic mass is 9.98. The van der Waals surface area contributed by atoms with E-state index in [-0.39, 0.29) is 12.0 Å². The topological polar surface area (TPSA) is 75.1 Å². The molecule has 2 aliphatic rings. The predicted molar refractivity (Wildman–Crippen MR) is 101 cm³/mol. The molecular weight excluding hydrogens is 346 g/mol. The number of ether oxygens (including phenoxy) is 2. The molecule has 0 bridgehead atoms. The zero-order chi connectivity index (χ0) is 19.1. The molecule has 27 heavy (non-hydrogen) atoms. The number of likely N-dealkylation sites (N-methyl/N-ethyl adjacent to an activating group) is 1. The Bertz CT molecular complexity index is 580. The molecule has 2 saturated heterocycles. The van der Waals surface area contributed by atoms with Gasteiger partial charge in [-0.2, -0.15) is 0 Å². The highest BCUT2D eigenvalue weighted by Crippen LogP contribution is 2.24. The molecule has 3 heterocycles. The molecule has 150 valence electrons. The third-order valence-corrected chi connectivity index (χ3v) is 5.35. The molecule has 3 unspecified atom stereocenters. The van der Waals surface area contributed by atoms with Gasteiger partial charge in [0.1, 0.15) is 0 Å². The fraction of sp³-hybridized carbons (Fsp3) is 0.700. The molecule has 2 aliphatic heterocycles. The second-order valence-corrected chi connectivity index (χ2v) is 7.42. The first-order valence-corrected chi connectivity index (χ1v) is 9.92. The lowest BCUT2D eigenvalue weighted by molar-refractivity contribution is -0.171. The van der Waals surface area contributed by atoms with Crippen molar-refractivity contribution in [2.75, 3.05) is 46.4 Å². The number of nitrogens with zero attached hydrogens (tertiary/aromatic N) is 3. The number of carbonyl (C=O) groups is 1. The number of amides is 1. The molecule has 1 aromatic heterocycles. The quantitative estimate of drug-likeness (QED) is 0.755. The molecule has 0 saturated carbocycles. The van der Waals surface area contributed by atoms with Crippen molar-refractivity contribution in [3.63, 3.8) is 0 Å². The second kappa shape index (κ2) is 10.1. The molecule has 0 aromatic carbocycles. The summed E-state index contributed by atoms with van der Waals surface area (Å²) in [6, 6.07) is 5.98. The summed E-state index contributed by atoms with van der Waals surface area (Å²) in [5.74, 6) is -0.0981. The number of carbonyl (C=O) groups excluding carboxylic acids is 1. The Kier molecular flexibility index (Phi) is 7.58. The number of pyridine rings is 1. The van der Waals surface area contributed by atoms with E-state index in [1.54, 1.807) is 4.90 Å². The molecular formula is C20H31N3O4. The minimum atomic E-state index is -0.735. The van der Waals surface area contributed by atoms with Crippen LogP contribution in [0.25, 0.3) is 0 Å². The van der Waals surface area contributed by atoms with Gasteiger partial charge >= 0.3 is 0 Å². The highest BCUT2D eigenvalue weighted by Gasteiger charge is 2.37. The minimum absolute atomic E-state index is 0.0145. The lowest BCUT2D eigenvalue weighted by Gasteiger charge is -2.37. The van der Waals surface area contributed by atoms with Crippen LogP contribution < -0.4 is 0 Å². The summed E-state index contributed by atoms with van der Waals surface area (Å²) in [5.41, 5.74) is 1.09. The van der Waals surface area contributed by atoms with E-state index in [4.69, 9.17) is 9.47 Å². The minimum Gasteiger partial charge on any atom is -0.390 e. The molecule has 0 spiro atoms. The summed E-state index contributed by atoms with van der Waals surface area (Å²) in [7, 11) is 2.09. The summed E-state index contributed by atoms with van der Waals surface area (Å²) in [6.07, 6.45) is 3.57. The Morgan fingerprint density at radius 3 is 2.85 bits per heavy atom. The van der Waals surface area contributed by atoms with E-state index in [1.165, 1.54) is 0 Å². The van der Waals surface area contributed by atoms with E-state index >= 15 is 0 Å². The zero-order valence-electron chi connectivity index (χ0n) is 16.1.